The molecule has 4 rings (SSSR count). The highest BCUT2D eigenvalue weighted by Gasteiger charge is 2.65. The van der Waals surface area contributed by atoms with Gasteiger partial charge in [0.2, 0.25) is 0 Å². The normalized spacial score (nSPS) is 28.5. The van der Waals surface area contributed by atoms with Crippen LogP contribution in [0.2, 0.25) is 0 Å². The minimum absolute atomic E-state index is 0.323. The van der Waals surface area contributed by atoms with Crippen LogP contribution in [0.25, 0.3) is 0 Å². The fraction of sp³-hybridized carbons (Fsp3) is 0.591. The van der Waals surface area contributed by atoms with Crippen molar-refractivity contribution in [2.24, 2.45) is 16.3 Å². The summed E-state index contributed by atoms with van der Waals surface area (Å²) in [7, 11) is 1.85. The molecule has 1 heterocycles. The zero-order valence-corrected chi connectivity index (χ0v) is 16.2. The molecule has 0 aromatic heterocycles. The fourth-order valence-corrected chi connectivity index (χ4v) is 5.36. The van der Waals surface area contributed by atoms with Gasteiger partial charge in [0.1, 0.15) is 12.4 Å². The van der Waals surface area contributed by atoms with Gasteiger partial charge in [-0.3, -0.25) is 4.99 Å². The van der Waals surface area contributed by atoms with Gasteiger partial charge < -0.3 is 20.1 Å². The molecule has 1 saturated heterocycles. The summed E-state index contributed by atoms with van der Waals surface area (Å²) >= 11 is 0. The molecule has 1 aromatic rings. The van der Waals surface area contributed by atoms with Crippen molar-refractivity contribution in [2.45, 2.75) is 50.8 Å². The van der Waals surface area contributed by atoms with E-state index >= 15 is 0 Å². The molecular formula is C22H31N3O2. The number of rotatable bonds is 6. The summed E-state index contributed by atoms with van der Waals surface area (Å²) < 4.78 is 11.9. The predicted octanol–water partition coefficient (Wildman–Crippen LogP) is 3.26. The van der Waals surface area contributed by atoms with Gasteiger partial charge >= 0.3 is 0 Å². The third-order valence-electron chi connectivity index (χ3n) is 6.58. The van der Waals surface area contributed by atoms with Crippen LogP contribution in [-0.2, 0) is 11.3 Å². The van der Waals surface area contributed by atoms with Gasteiger partial charge in [0.15, 0.2) is 5.96 Å². The molecule has 1 aromatic carbocycles. The summed E-state index contributed by atoms with van der Waals surface area (Å²) in [5, 5.41) is 7.22. The average Bonchev–Trinajstić information content (AvgIpc) is 3.36. The number of nitrogens with zero attached hydrogens (tertiary/aromatic N) is 1. The fourth-order valence-electron chi connectivity index (χ4n) is 5.36. The van der Waals surface area contributed by atoms with E-state index < -0.39 is 0 Å². The van der Waals surface area contributed by atoms with Crippen molar-refractivity contribution in [3.8, 4) is 5.75 Å². The smallest absolute Gasteiger partial charge is 0.191 e. The van der Waals surface area contributed by atoms with E-state index in [9.17, 15) is 0 Å². The highest BCUT2D eigenvalue weighted by Crippen LogP contribution is 2.60. The molecule has 3 aliphatic rings. The summed E-state index contributed by atoms with van der Waals surface area (Å²) in [5.41, 5.74) is 1.44. The number of para-hydroxylation sites is 1. The van der Waals surface area contributed by atoms with Gasteiger partial charge in [0, 0.05) is 43.1 Å². The summed E-state index contributed by atoms with van der Waals surface area (Å²) in [6.45, 7) is 5.82. The number of ether oxygens (including phenoxy) is 2. The molecule has 2 aliphatic carbocycles. The lowest BCUT2D eigenvalue weighted by Gasteiger charge is -2.57. The predicted molar refractivity (Wildman–Crippen MR) is 108 cm³/mol. The average molecular weight is 370 g/mol. The van der Waals surface area contributed by atoms with Crippen molar-refractivity contribution in [1.82, 2.24) is 10.6 Å². The lowest BCUT2D eigenvalue weighted by molar-refractivity contribution is -0.125. The molecule has 3 unspecified atom stereocenters. The van der Waals surface area contributed by atoms with Crippen LogP contribution in [0.5, 0.6) is 5.75 Å². The Morgan fingerprint density at radius 1 is 1.37 bits per heavy atom. The number of aliphatic imine (C=N–C) groups is 1. The number of fused-ring (bicyclic) bond motifs is 2. The maximum absolute atomic E-state index is 6.09. The largest absolute Gasteiger partial charge is 0.489 e. The van der Waals surface area contributed by atoms with E-state index in [0.29, 0.717) is 36.6 Å². The molecule has 2 saturated carbocycles. The van der Waals surface area contributed by atoms with Gasteiger partial charge in [-0.25, -0.2) is 0 Å². The Kier molecular flexibility index (Phi) is 5.39. The van der Waals surface area contributed by atoms with Gasteiger partial charge in [0.25, 0.3) is 0 Å². The van der Waals surface area contributed by atoms with Gasteiger partial charge in [0.05, 0.1) is 6.10 Å². The number of guanidine groups is 1. The van der Waals surface area contributed by atoms with Gasteiger partial charge in [-0.2, -0.15) is 0 Å². The Balaban J connectivity index is 1.40. The number of nitrogens with one attached hydrogen (secondary N) is 2. The second-order valence-corrected chi connectivity index (χ2v) is 7.94. The molecule has 146 valence electrons. The first-order chi connectivity index (χ1) is 13.3. The van der Waals surface area contributed by atoms with Gasteiger partial charge in [-0.1, -0.05) is 43.7 Å². The highest BCUT2D eigenvalue weighted by molar-refractivity contribution is 5.80. The van der Waals surface area contributed by atoms with Crippen LogP contribution < -0.4 is 15.4 Å². The molecule has 1 spiro atoms. The van der Waals surface area contributed by atoms with E-state index in [1.165, 1.54) is 32.1 Å². The third kappa shape index (κ3) is 3.33. The van der Waals surface area contributed by atoms with E-state index in [2.05, 4.69) is 28.3 Å². The van der Waals surface area contributed by atoms with Crippen molar-refractivity contribution >= 4 is 5.96 Å². The van der Waals surface area contributed by atoms with Crippen molar-refractivity contribution in [3.63, 3.8) is 0 Å². The monoisotopic (exact) mass is 369 g/mol. The van der Waals surface area contributed by atoms with Gasteiger partial charge in [-0.05, 0) is 25.3 Å². The Labute approximate surface area is 162 Å². The summed E-state index contributed by atoms with van der Waals surface area (Å²) in [6, 6.07) is 8.59. The third-order valence-corrected chi connectivity index (χ3v) is 6.58. The van der Waals surface area contributed by atoms with Crippen molar-refractivity contribution in [1.29, 1.82) is 0 Å². The van der Waals surface area contributed by atoms with Crippen molar-refractivity contribution in [3.05, 3.63) is 42.5 Å². The van der Waals surface area contributed by atoms with Crippen LogP contribution in [0.15, 0.2) is 41.9 Å². The Hall–Kier alpha value is -2.01. The molecule has 3 atom stereocenters. The second kappa shape index (κ2) is 7.93. The maximum atomic E-state index is 6.09. The Bertz CT molecular complexity index is 697. The van der Waals surface area contributed by atoms with E-state index in [-0.39, 0.29) is 0 Å². The minimum atomic E-state index is 0.323. The molecule has 27 heavy (non-hydrogen) atoms. The first-order valence-corrected chi connectivity index (χ1v) is 10.2. The van der Waals surface area contributed by atoms with Crippen LogP contribution >= 0.6 is 0 Å². The Morgan fingerprint density at radius 2 is 2.19 bits per heavy atom. The number of benzene rings is 1. The molecule has 0 radical (unpaired) electrons. The summed E-state index contributed by atoms with van der Waals surface area (Å²) in [6.07, 6.45) is 8.60. The van der Waals surface area contributed by atoms with E-state index in [4.69, 9.17) is 9.47 Å². The summed E-state index contributed by atoms with van der Waals surface area (Å²) in [4.78, 5) is 4.48. The van der Waals surface area contributed by atoms with E-state index in [1.807, 2.05) is 25.2 Å². The second-order valence-electron chi connectivity index (χ2n) is 7.94. The molecule has 3 fully saturated rings. The molecule has 2 N–H and O–H groups in total. The topological polar surface area (TPSA) is 54.9 Å². The first kappa shape index (κ1) is 18.4. The maximum Gasteiger partial charge on any atom is 0.191 e. The molecular weight excluding hydrogens is 338 g/mol. The van der Waals surface area contributed by atoms with Crippen LogP contribution in [0.4, 0.5) is 0 Å². The van der Waals surface area contributed by atoms with Crippen LogP contribution in [-0.4, -0.2) is 38.4 Å². The minimum Gasteiger partial charge on any atom is -0.489 e. The summed E-state index contributed by atoms with van der Waals surface area (Å²) in [5.74, 6) is 2.39. The quantitative estimate of drug-likeness (QED) is 0.459. The molecule has 1 aliphatic heterocycles. The SMILES string of the molecule is C=CCOc1ccccc1CNC(=NC)NC1C2CCOC2C12CCCC2. The molecule has 0 amide bonds. The first-order valence-electron chi connectivity index (χ1n) is 10.2. The van der Waals surface area contributed by atoms with Crippen molar-refractivity contribution < 1.29 is 9.47 Å². The molecule has 5 nitrogen and oxygen atoms in total. The van der Waals surface area contributed by atoms with E-state index in [0.717, 1.165) is 23.9 Å². The lowest BCUT2D eigenvalue weighted by Crippen LogP contribution is -2.69. The zero-order chi connectivity index (χ0) is 18.7. The standard InChI is InChI=1S/C22H31N3O2/c1-3-13-26-18-9-5-4-8-16(18)15-24-21(23-2)25-19-17-10-14-27-20(17)22(19)11-6-7-12-22/h3-5,8-9,17,19-20H,1,6-7,10-15H2,2H3,(H2,23,24,25). The Morgan fingerprint density at radius 3 is 2.96 bits per heavy atom. The number of hydrogen-bond donors (Lipinski definition) is 2. The van der Waals surface area contributed by atoms with Gasteiger partial charge in [-0.15, -0.1) is 0 Å². The lowest BCUT2D eigenvalue weighted by atomic mass is 9.54. The zero-order valence-electron chi connectivity index (χ0n) is 16.2. The van der Waals surface area contributed by atoms with Crippen LogP contribution in [0.3, 0.4) is 0 Å². The van der Waals surface area contributed by atoms with E-state index in [1.54, 1.807) is 6.08 Å². The number of hydrogen-bond acceptors (Lipinski definition) is 3. The van der Waals surface area contributed by atoms with Crippen LogP contribution in [0, 0.1) is 11.3 Å². The molecule has 0 bridgehead atoms. The molecule has 5 heteroatoms. The highest BCUT2D eigenvalue weighted by atomic mass is 16.5. The van der Waals surface area contributed by atoms with Crippen molar-refractivity contribution in [2.75, 3.05) is 20.3 Å². The van der Waals surface area contributed by atoms with Crippen LogP contribution in [0.1, 0.15) is 37.7 Å².